The zero-order chi connectivity index (χ0) is 14.7. The van der Waals surface area contributed by atoms with Gasteiger partial charge >= 0.3 is 0 Å². The molecule has 0 saturated heterocycles. The van der Waals surface area contributed by atoms with E-state index in [0.29, 0.717) is 12.4 Å². The third kappa shape index (κ3) is 3.20. The molecule has 21 heavy (non-hydrogen) atoms. The van der Waals surface area contributed by atoms with Crippen LogP contribution in [-0.4, -0.2) is 14.5 Å². The maximum Gasteiger partial charge on any atom is 0.253 e. The highest BCUT2D eigenvalue weighted by atomic mass is 35.5. The maximum atomic E-state index is 11.6. The van der Waals surface area contributed by atoms with E-state index in [-0.39, 0.29) is 5.56 Å². The minimum Gasteiger partial charge on any atom is -0.295 e. The number of aromatic nitrogens is 3. The van der Waals surface area contributed by atoms with Gasteiger partial charge in [0.25, 0.3) is 5.56 Å². The first-order valence-corrected chi connectivity index (χ1v) is 7.78. The molecule has 0 radical (unpaired) electrons. The second-order valence-corrected chi connectivity index (χ2v) is 5.65. The fourth-order valence-electron chi connectivity index (χ4n) is 1.95. The van der Waals surface area contributed by atoms with Gasteiger partial charge in [0.1, 0.15) is 5.01 Å². The quantitative estimate of drug-likeness (QED) is 0.694. The van der Waals surface area contributed by atoms with Gasteiger partial charge in [0, 0.05) is 23.2 Å². The van der Waals surface area contributed by atoms with E-state index in [9.17, 15) is 4.79 Å². The van der Waals surface area contributed by atoms with Gasteiger partial charge in [-0.1, -0.05) is 24.3 Å². The molecule has 0 saturated carbocycles. The highest BCUT2D eigenvalue weighted by Gasteiger charge is 2.04. The first kappa shape index (κ1) is 14.0. The van der Waals surface area contributed by atoms with Crippen LogP contribution < -0.4 is 5.56 Å². The predicted molar refractivity (Wildman–Crippen MR) is 84.7 cm³/mol. The molecule has 2 heterocycles. The average Bonchev–Trinajstić information content (AvgIpc) is 2.99. The Morgan fingerprint density at radius 2 is 2.00 bits per heavy atom. The van der Waals surface area contributed by atoms with Gasteiger partial charge < -0.3 is 0 Å². The minimum absolute atomic E-state index is 0.0549. The number of hydrogen-bond donors (Lipinski definition) is 0. The summed E-state index contributed by atoms with van der Waals surface area (Å²) in [6.07, 6.45) is 3.04. The Morgan fingerprint density at radius 3 is 2.67 bits per heavy atom. The number of thiazole rings is 1. The summed E-state index contributed by atoms with van der Waals surface area (Å²) in [6, 6.07) is 9.46. The second kappa shape index (κ2) is 6.20. The van der Waals surface area contributed by atoms with E-state index in [1.807, 2.05) is 29.6 Å². The maximum absolute atomic E-state index is 11.6. The molecule has 1 aromatic carbocycles. The van der Waals surface area contributed by atoms with E-state index >= 15 is 0 Å². The van der Waals surface area contributed by atoms with Crippen molar-refractivity contribution in [3.8, 4) is 10.6 Å². The predicted octanol–water partition coefficient (Wildman–Crippen LogP) is 3.15. The van der Waals surface area contributed by atoms with Gasteiger partial charge in [0.15, 0.2) is 0 Å². The molecule has 0 spiro atoms. The fourth-order valence-corrected chi connectivity index (χ4v) is 3.00. The van der Waals surface area contributed by atoms with Crippen LogP contribution in [0.2, 0.25) is 0 Å². The van der Waals surface area contributed by atoms with Crippen molar-refractivity contribution in [2.24, 2.45) is 0 Å². The second-order valence-electron chi connectivity index (χ2n) is 4.52. The molecule has 3 rings (SSSR count). The lowest BCUT2D eigenvalue weighted by molar-refractivity contribution is 0.736. The lowest BCUT2D eigenvalue weighted by Gasteiger charge is -2.05. The molecule has 0 N–H and O–H groups in total. The summed E-state index contributed by atoms with van der Waals surface area (Å²) in [5.74, 6) is 0.429. The fraction of sp³-hybridized carbons (Fsp3) is 0.133. The molecule has 106 valence electrons. The van der Waals surface area contributed by atoms with Crippen molar-refractivity contribution in [2.75, 3.05) is 0 Å². The molecule has 0 bridgehead atoms. The van der Waals surface area contributed by atoms with E-state index in [0.717, 1.165) is 21.8 Å². The van der Waals surface area contributed by atoms with Crippen LogP contribution in [0.15, 0.2) is 53.0 Å². The van der Waals surface area contributed by atoms with Gasteiger partial charge in [-0.3, -0.25) is 9.36 Å². The largest absolute Gasteiger partial charge is 0.295 e. The first-order valence-electron chi connectivity index (χ1n) is 6.36. The van der Waals surface area contributed by atoms with E-state index in [1.54, 1.807) is 22.2 Å². The SMILES string of the molecule is O=c1ccncn1Cc1ccc(-c2nc(CCl)cs2)cc1. The van der Waals surface area contributed by atoms with Crippen LogP contribution >= 0.6 is 22.9 Å². The average molecular weight is 318 g/mol. The van der Waals surface area contributed by atoms with Gasteiger partial charge in [-0.25, -0.2) is 9.97 Å². The van der Waals surface area contributed by atoms with Gasteiger partial charge in [-0.05, 0) is 5.56 Å². The van der Waals surface area contributed by atoms with Crippen molar-refractivity contribution < 1.29 is 0 Å². The van der Waals surface area contributed by atoms with Crippen molar-refractivity contribution >= 4 is 22.9 Å². The molecule has 0 aliphatic heterocycles. The lowest BCUT2D eigenvalue weighted by Crippen LogP contribution is -2.19. The zero-order valence-electron chi connectivity index (χ0n) is 11.1. The standard InChI is InChI=1S/C15H12ClN3OS/c16-7-13-9-21-15(18-13)12-3-1-11(2-4-12)8-19-10-17-6-5-14(19)20/h1-6,9-10H,7-8H2. The van der Waals surface area contributed by atoms with E-state index in [1.165, 1.54) is 12.3 Å². The molecular formula is C15H12ClN3OS. The number of hydrogen-bond acceptors (Lipinski definition) is 4. The lowest BCUT2D eigenvalue weighted by atomic mass is 10.1. The van der Waals surface area contributed by atoms with Crippen molar-refractivity contribution in [3.05, 3.63) is 69.8 Å². The third-order valence-corrected chi connectivity index (χ3v) is 4.25. The molecule has 0 unspecified atom stereocenters. The Hall–Kier alpha value is -1.98. The summed E-state index contributed by atoms with van der Waals surface area (Å²) in [5, 5.41) is 2.92. The number of alkyl halides is 1. The van der Waals surface area contributed by atoms with Crippen LogP contribution in [0.3, 0.4) is 0 Å². The molecular weight excluding hydrogens is 306 g/mol. The Balaban J connectivity index is 1.81. The highest BCUT2D eigenvalue weighted by Crippen LogP contribution is 2.24. The first-order chi connectivity index (χ1) is 10.3. The number of benzene rings is 1. The highest BCUT2D eigenvalue weighted by molar-refractivity contribution is 7.13. The molecule has 2 aromatic heterocycles. The van der Waals surface area contributed by atoms with Gasteiger partial charge in [-0.2, -0.15) is 0 Å². The van der Waals surface area contributed by atoms with Crippen molar-refractivity contribution in [3.63, 3.8) is 0 Å². The van der Waals surface area contributed by atoms with Gasteiger partial charge in [-0.15, -0.1) is 22.9 Å². The molecule has 6 heteroatoms. The van der Waals surface area contributed by atoms with Crippen LogP contribution in [0.25, 0.3) is 10.6 Å². The Bertz CT molecular complexity index is 795. The third-order valence-electron chi connectivity index (χ3n) is 3.03. The smallest absolute Gasteiger partial charge is 0.253 e. The molecule has 0 amide bonds. The van der Waals surface area contributed by atoms with E-state index in [2.05, 4.69) is 9.97 Å². The van der Waals surface area contributed by atoms with Gasteiger partial charge in [0.2, 0.25) is 0 Å². The van der Waals surface area contributed by atoms with Crippen LogP contribution in [0.5, 0.6) is 0 Å². The molecule has 4 nitrogen and oxygen atoms in total. The monoisotopic (exact) mass is 317 g/mol. The molecule has 0 aliphatic carbocycles. The van der Waals surface area contributed by atoms with Crippen molar-refractivity contribution in [1.29, 1.82) is 0 Å². The zero-order valence-corrected chi connectivity index (χ0v) is 12.6. The Morgan fingerprint density at radius 1 is 1.19 bits per heavy atom. The van der Waals surface area contributed by atoms with Crippen LogP contribution in [-0.2, 0) is 12.4 Å². The van der Waals surface area contributed by atoms with Crippen molar-refractivity contribution in [2.45, 2.75) is 12.4 Å². The van der Waals surface area contributed by atoms with Crippen LogP contribution in [0, 0.1) is 0 Å². The number of nitrogens with zero attached hydrogens (tertiary/aromatic N) is 3. The van der Waals surface area contributed by atoms with Gasteiger partial charge in [0.05, 0.1) is 24.4 Å². The summed E-state index contributed by atoms with van der Waals surface area (Å²) < 4.78 is 1.57. The Labute approximate surface area is 130 Å². The Kier molecular flexibility index (Phi) is 4.13. The molecule has 0 aliphatic rings. The summed E-state index contributed by atoms with van der Waals surface area (Å²) in [5.41, 5.74) is 2.94. The van der Waals surface area contributed by atoms with E-state index < -0.39 is 0 Å². The molecule has 0 fully saturated rings. The van der Waals surface area contributed by atoms with Crippen molar-refractivity contribution in [1.82, 2.24) is 14.5 Å². The number of rotatable bonds is 4. The van der Waals surface area contributed by atoms with E-state index in [4.69, 9.17) is 11.6 Å². The van der Waals surface area contributed by atoms with Crippen LogP contribution in [0.1, 0.15) is 11.3 Å². The molecule has 0 atom stereocenters. The minimum atomic E-state index is -0.0549. The topological polar surface area (TPSA) is 47.8 Å². The summed E-state index contributed by atoms with van der Waals surface area (Å²) in [6.45, 7) is 0.512. The number of halogens is 1. The molecule has 3 aromatic rings. The summed E-state index contributed by atoms with van der Waals surface area (Å²) in [7, 11) is 0. The summed E-state index contributed by atoms with van der Waals surface area (Å²) >= 11 is 7.34. The summed E-state index contributed by atoms with van der Waals surface area (Å²) in [4.78, 5) is 20.1. The normalized spacial score (nSPS) is 10.7. The van der Waals surface area contributed by atoms with Crippen LogP contribution in [0.4, 0.5) is 0 Å².